The summed E-state index contributed by atoms with van der Waals surface area (Å²) in [7, 11) is 0. The van der Waals surface area contributed by atoms with Gasteiger partial charge in [-0.05, 0) is 23.8 Å². The molecule has 0 bridgehead atoms. The topological polar surface area (TPSA) is 50.2 Å². The van der Waals surface area contributed by atoms with Gasteiger partial charge in [0.2, 0.25) is 0 Å². The largest absolute Gasteiger partial charge is 0.478 e. The van der Waals surface area contributed by atoms with E-state index >= 15 is 0 Å². The lowest BCUT2D eigenvalue weighted by molar-refractivity contribution is 0.0697. The summed E-state index contributed by atoms with van der Waals surface area (Å²) in [5.41, 5.74) is 1.29. The molecule has 0 saturated carbocycles. The van der Waals surface area contributed by atoms with Crippen molar-refractivity contribution in [2.75, 3.05) is 0 Å². The zero-order valence-electron chi connectivity index (χ0n) is 9.18. The molecule has 1 aromatic carbocycles. The van der Waals surface area contributed by atoms with Gasteiger partial charge in [0.1, 0.15) is 5.69 Å². The second kappa shape index (κ2) is 4.91. The van der Waals surface area contributed by atoms with Crippen molar-refractivity contribution in [3.05, 3.63) is 53.9 Å². The molecule has 0 radical (unpaired) electrons. The van der Waals surface area contributed by atoms with E-state index in [9.17, 15) is 13.6 Å². The van der Waals surface area contributed by atoms with Crippen molar-refractivity contribution in [2.24, 2.45) is 0 Å². The van der Waals surface area contributed by atoms with E-state index in [1.807, 2.05) is 0 Å². The first-order valence-corrected chi connectivity index (χ1v) is 5.16. The highest BCUT2D eigenvalue weighted by atomic mass is 19.3. The number of hydrogen-bond acceptors (Lipinski definition) is 2. The summed E-state index contributed by atoms with van der Waals surface area (Å²) < 4.78 is 24.6. The number of halogens is 2. The van der Waals surface area contributed by atoms with Gasteiger partial charge in [-0.1, -0.05) is 18.2 Å². The summed E-state index contributed by atoms with van der Waals surface area (Å²) in [4.78, 5) is 14.3. The molecule has 2 rings (SSSR count). The number of rotatable bonds is 3. The number of benzene rings is 1. The van der Waals surface area contributed by atoms with Gasteiger partial charge in [-0.25, -0.2) is 13.6 Å². The SMILES string of the molecule is O=C(O)c1ccc(-c2ccc(C(F)F)nc2)cc1. The molecule has 0 spiro atoms. The van der Waals surface area contributed by atoms with E-state index in [2.05, 4.69) is 4.98 Å². The van der Waals surface area contributed by atoms with Gasteiger partial charge in [0, 0.05) is 11.8 Å². The Hall–Kier alpha value is -2.30. The predicted molar refractivity (Wildman–Crippen MR) is 61.6 cm³/mol. The molecule has 1 aromatic heterocycles. The summed E-state index contributed by atoms with van der Waals surface area (Å²) in [6.07, 6.45) is -1.24. The molecule has 0 aliphatic carbocycles. The zero-order chi connectivity index (χ0) is 13.1. The number of hydrogen-bond donors (Lipinski definition) is 1. The van der Waals surface area contributed by atoms with Crippen molar-refractivity contribution >= 4 is 5.97 Å². The maximum Gasteiger partial charge on any atom is 0.335 e. The van der Waals surface area contributed by atoms with Crippen LogP contribution in [0.25, 0.3) is 11.1 Å². The van der Waals surface area contributed by atoms with Crippen LogP contribution in [0.4, 0.5) is 8.78 Å². The lowest BCUT2D eigenvalue weighted by Gasteiger charge is -2.03. The van der Waals surface area contributed by atoms with Crippen LogP contribution in [0.5, 0.6) is 0 Å². The van der Waals surface area contributed by atoms with Crippen LogP contribution < -0.4 is 0 Å². The molecule has 0 saturated heterocycles. The fraction of sp³-hybridized carbons (Fsp3) is 0.0769. The molecule has 92 valence electrons. The van der Waals surface area contributed by atoms with Gasteiger partial charge in [-0.15, -0.1) is 0 Å². The number of pyridine rings is 1. The van der Waals surface area contributed by atoms with Crippen LogP contribution in [-0.2, 0) is 0 Å². The van der Waals surface area contributed by atoms with Crippen LogP contribution in [0.3, 0.4) is 0 Å². The average Bonchev–Trinajstić information content (AvgIpc) is 2.39. The summed E-state index contributed by atoms with van der Waals surface area (Å²) in [6.45, 7) is 0. The zero-order valence-corrected chi connectivity index (χ0v) is 9.18. The molecule has 2 aromatic rings. The van der Waals surface area contributed by atoms with Crippen LogP contribution in [-0.4, -0.2) is 16.1 Å². The van der Waals surface area contributed by atoms with Gasteiger partial charge in [0.05, 0.1) is 5.56 Å². The van der Waals surface area contributed by atoms with Gasteiger partial charge in [0.25, 0.3) is 6.43 Å². The minimum Gasteiger partial charge on any atom is -0.478 e. The highest BCUT2D eigenvalue weighted by Crippen LogP contribution is 2.22. The third kappa shape index (κ3) is 2.51. The molecular weight excluding hydrogens is 240 g/mol. The van der Waals surface area contributed by atoms with Gasteiger partial charge < -0.3 is 5.11 Å². The smallest absolute Gasteiger partial charge is 0.335 e. The summed E-state index contributed by atoms with van der Waals surface area (Å²) in [5, 5.41) is 8.75. The van der Waals surface area contributed by atoms with Crippen LogP contribution in [0.1, 0.15) is 22.5 Å². The monoisotopic (exact) mass is 249 g/mol. The lowest BCUT2D eigenvalue weighted by Crippen LogP contribution is -1.95. The number of carboxylic acid groups (broad SMARTS) is 1. The Morgan fingerprint density at radius 3 is 2.11 bits per heavy atom. The van der Waals surface area contributed by atoms with Crippen molar-refractivity contribution in [3.63, 3.8) is 0 Å². The van der Waals surface area contributed by atoms with Crippen LogP contribution in [0, 0.1) is 0 Å². The van der Waals surface area contributed by atoms with Crippen molar-refractivity contribution in [1.82, 2.24) is 4.98 Å². The van der Waals surface area contributed by atoms with E-state index < -0.39 is 12.4 Å². The van der Waals surface area contributed by atoms with Gasteiger partial charge in [0.15, 0.2) is 0 Å². The molecule has 1 N–H and O–H groups in total. The first-order valence-electron chi connectivity index (χ1n) is 5.16. The van der Waals surface area contributed by atoms with Crippen molar-refractivity contribution in [2.45, 2.75) is 6.43 Å². The van der Waals surface area contributed by atoms with Crippen molar-refractivity contribution in [1.29, 1.82) is 0 Å². The third-order valence-corrected chi connectivity index (χ3v) is 2.48. The summed E-state index contributed by atoms with van der Waals surface area (Å²) in [6, 6.07) is 8.93. The molecule has 0 amide bonds. The molecule has 18 heavy (non-hydrogen) atoms. The van der Waals surface area contributed by atoms with Gasteiger partial charge in [-0.3, -0.25) is 4.98 Å². The molecule has 0 fully saturated rings. The van der Waals surface area contributed by atoms with Crippen molar-refractivity contribution in [3.8, 4) is 11.1 Å². The molecule has 0 aliphatic rings. The lowest BCUT2D eigenvalue weighted by atomic mass is 10.1. The molecule has 3 nitrogen and oxygen atoms in total. The number of carboxylic acids is 1. The van der Waals surface area contributed by atoms with Gasteiger partial charge in [-0.2, -0.15) is 0 Å². The molecule has 1 heterocycles. The van der Waals surface area contributed by atoms with E-state index in [4.69, 9.17) is 5.11 Å². The molecule has 0 unspecified atom stereocenters. The Bertz CT molecular complexity index is 550. The van der Waals surface area contributed by atoms with E-state index in [1.165, 1.54) is 30.5 Å². The second-order valence-corrected chi connectivity index (χ2v) is 3.65. The fourth-order valence-electron chi connectivity index (χ4n) is 1.51. The second-order valence-electron chi connectivity index (χ2n) is 3.65. The molecule has 0 aliphatic heterocycles. The predicted octanol–water partition coefficient (Wildman–Crippen LogP) is 3.38. The summed E-state index contributed by atoms with van der Waals surface area (Å²) >= 11 is 0. The fourth-order valence-corrected chi connectivity index (χ4v) is 1.51. The Kier molecular flexibility index (Phi) is 3.32. The highest BCUT2D eigenvalue weighted by molar-refractivity contribution is 5.88. The Morgan fingerprint density at radius 2 is 1.67 bits per heavy atom. The highest BCUT2D eigenvalue weighted by Gasteiger charge is 2.08. The van der Waals surface area contributed by atoms with E-state index in [0.717, 1.165) is 5.56 Å². The number of aromatic carboxylic acids is 1. The minimum atomic E-state index is -2.59. The molecular formula is C13H9F2NO2. The number of nitrogens with zero attached hydrogens (tertiary/aromatic N) is 1. The maximum absolute atomic E-state index is 12.3. The van der Waals surface area contributed by atoms with E-state index in [0.29, 0.717) is 5.56 Å². The Morgan fingerprint density at radius 1 is 1.06 bits per heavy atom. The Labute approximate surface area is 102 Å². The number of alkyl halides is 2. The minimum absolute atomic E-state index is 0.177. The van der Waals surface area contributed by atoms with Crippen molar-refractivity contribution < 1.29 is 18.7 Å². The quantitative estimate of drug-likeness (QED) is 0.907. The average molecular weight is 249 g/mol. The van der Waals surface area contributed by atoms with Crippen LogP contribution in [0.2, 0.25) is 0 Å². The normalized spacial score (nSPS) is 10.6. The van der Waals surface area contributed by atoms with Gasteiger partial charge >= 0.3 is 5.97 Å². The first-order chi connectivity index (χ1) is 8.58. The van der Waals surface area contributed by atoms with Crippen LogP contribution in [0.15, 0.2) is 42.6 Å². The molecule has 5 heteroatoms. The number of carbonyl (C=O) groups is 1. The summed E-state index contributed by atoms with van der Waals surface area (Å²) in [5.74, 6) is -1.01. The number of aromatic nitrogens is 1. The maximum atomic E-state index is 12.3. The standard InChI is InChI=1S/C13H9F2NO2/c14-12(15)11-6-5-10(7-16-11)8-1-3-9(4-2-8)13(17)18/h1-7,12H,(H,17,18). The molecule has 0 atom stereocenters. The van der Waals surface area contributed by atoms with E-state index in [1.54, 1.807) is 12.1 Å². The third-order valence-electron chi connectivity index (χ3n) is 2.48. The van der Waals surface area contributed by atoms with Crippen LogP contribution >= 0.6 is 0 Å². The van der Waals surface area contributed by atoms with E-state index in [-0.39, 0.29) is 11.3 Å². The Balaban J connectivity index is 2.28. The first kappa shape index (κ1) is 12.2.